The van der Waals surface area contributed by atoms with Crippen molar-refractivity contribution >= 4 is 10.1 Å². The smallest absolute Gasteiger partial charge is 0.281 e. The zero-order chi connectivity index (χ0) is 13.6. The highest BCUT2D eigenvalue weighted by Crippen LogP contribution is 2.47. The molecule has 0 amide bonds. The first-order valence-corrected chi connectivity index (χ1v) is 7.96. The average molecular weight is 282 g/mol. The molecule has 2 atom stereocenters. The van der Waals surface area contributed by atoms with Crippen molar-refractivity contribution in [2.24, 2.45) is 23.7 Å². The van der Waals surface area contributed by atoms with E-state index in [0.29, 0.717) is 30.6 Å². The summed E-state index contributed by atoms with van der Waals surface area (Å²) in [6, 6.07) is 0. The Morgan fingerprint density at radius 3 is 2.06 bits per heavy atom. The standard InChI is InChI=1S/C12H20F2O3S/c1-8-2-9-4-10(3-8)6-11(5-9)7-12(13,14)18(15,16)17/h8-11H,2-7H2,1H3,(H,15,16,17). The minimum atomic E-state index is -5.27. The van der Waals surface area contributed by atoms with Gasteiger partial charge in [0.15, 0.2) is 0 Å². The predicted molar refractivity (Wildman–Crippen MR) is 63.8 cm³/mol. The molecule has 0 saturated heterocycles. The zero-order valence-corrected chi connectivity index (χ0v) is 11.3. The van der Waals surface area contributed by atoms with Crippen molar-refractivity contribution in [2.45, 2.75) is 50.7 Å². The van der Waals surface area contributed by atoms with Crippen LogP contribution in [0.4, 0.5) is 8.78 Å². The van der Waals surface area contributed by atoms with Crippen LogP contribution in [0.1, 0.15) is 45.4 Å². The summed E-state index contributed by atoms with van der Waals surface area (Å²) in [4.78, 5) is 0. The Bertz CT molecular complexity index is 390. The lowest BCUT2D eigenvalue weighted by atomic mass is 9.64. The minimum Gasteiger partial charge on any atom is -0.281 e. The van der Waals surface area contributed by atoms with E-state index in [1.54, 1.807) is 0 Å². The number of halogens is 2. The van der Waals surface area contributed by atoms with Crippen LogP contribution in [0.3, 0.4) is 0 Å². The van der Waals surface area contributed by atoms with Gasteiger partial charge in [0.1, 0.15) is 0 Å². The highest BCUT2D eigenvalue weighted by molar-refractivity contribution is 7.86. The van der Waals surface area contributed by atoms with E-state index in [2.05, 4.69) is 6.92 Å². The van der Waals surface area contributed by atoms with Gasteiger partial charge in [0.25, 0.3) is 0 Å². The molecule has 2 rings (SSSR count). The molecule has 0 heterocycles. The van der Waals surface area contributed by atoms with Crippen LogP contribution >= 0.6 is 0 Å². The molecular formula is C12H20F2O3S. The van der Waals surface area contributed by atoms with Gasteiger partial charge in [-0.05, 0) is 55.8 Å². The Kier molecular flexibility index (Phi) is 3.71. The maximum absolute atomic E-state index is 13.3. The Labute approximate surface area is 107 Å². The largest absolute Gasteiger partial charge is 0.370 e. The maximum Gasteiger partial charge on any atom is 0.370 e. The average Bonchev–Trinajstić information content (AvgIpc) is 2.12. The van der Waals surface area contributed by atoms with E-state index in [4.69, 9.17) is 4.55 Å². The van der Waals surface area contributed by atoms with Gasteiger partial charge in [-0.25, -0.2) is 0 Å². The van der Waals surface area contributed by atoms with Gasteiger partial charge >= 0.3 is 15.4 Å². The van der Waals surface area contributed by atoms with Crippen LogP contribution in [0.2, 0.25) is 0 Å². The lowest BCUT2D eigenvalue weighted by Crippen LogP contribution is -2.36. The Morgan fingerprint density at radius 1 is 1.11 bits per heavy atom. The van der Waals surface area contributed by atoms with Crippen LogP contribution in [-0.2, 0) is 10.1 Å². The summed E-state index contributed by atoms with van der Waals surface area (Å²) >= 11 is 0. The van der Waals surface area contributed by atoms with Gasteiger partial charge in [0, 0.05) is 6.42 Å². The Balaban J connectivity index is 2.00. The van der Waals surface area contributed by atoms with Gasteiger partial charge in [0.05, 0.1) is 0 Å². The summed E-state index contributed by atoms with van der Waals surface area (Å²) < 4.78 is 56.5. The third kappa shape index (κ3) is 3.02. The summed E-state index contributed by atoms with van der Waals surface area (Å²) in [5.74, 6) is 1.28. The fraction of sp³-hybridized carbons (Fsp3) is 1.00. The lowest BCUT2D eigenvalue weighted by molar-refractivity contribution is 0.0192. The highest BCUT2D eigenvalue weighted by atomic mass is 32.2. The molecule has 6 heteroatoms. The monoisotopic (exact) mass is 282 g/mol. The summed E-state index contributed by atoms with van der Waals surface area (Å²) in [6.45, 7) is 2.19. The minimum absolute atomic E-state index is 0.279. The molecule has 3 nitrogen and oxygen atoms in total. The third-order valence-electron chi connectivity index (χ3n) is 4.38. The molecule has 2 saturated carbocycles. The van der Waals surface area contributed by atoms with Gasteiger partial charge in [-0.2, -0.15) is 17.2 Å². The number of hydrogen-bond acceptors (Lipinski definition) is 2. The van der Waals surface area contributed by atoms with Crippen molar-refractivity contribution < 1.29 is 21.8 Å². The molecular weight excluding hydrogens is 262 g/mol. The second-order valence-corrected chi connectivity index (χ2v) is 7.75. The summed E-state index contributed by atoms with van der Waals surface area (Å²) in [5, 5.41) is -3.99. The molecule has 18 heavy (non-hydrogen) atoms. The van der Waals surface area contributed by atoms with Crippen LogP contribution in [0, 0.1) is 23.7 Å². The van der Waals surface area contributed by atoms with Gasteiger partial charge in [-0.15, -0.1) is 0 Å². The van der Waals surface area contributed by atoms with E-state index in [-0.39, 0.29) is 5.92 Å². The normalized spacial score (nSPS) is 37.6. The van der Waals surface area contributed by atoms with E-state index in [9.17, 15) is 17.2 Å². The molecule has 0 aromatic rings. The predicted octanol–water partition coefficient (Wildman–Crippen LogP) is 3.32. The molecule has 2 aliphatic rings. The summed E-state index contributed by atoms with van der Waals surface area (Å²) in [5.41, 5.74) is 0. The second kappa shape index (κ2) is 4.71. The Hall–Kier alpha value is -0.230. The topological polar surface area (TPSA) is 54.4 Å². The van der Waals surface area contributed by atoms with Gasteiger partial charge in [0.2, 0.25) is 0 Å². The van der Waals surface area contributed by atoms with Crippen molar-refractivity contribution in [1.29, 1.82) is 0 Å². The van der Waals surface area contributed by atoms with Crippen molar-refractivity contribution in [2.75, 3.05) is 0 Å². The maximum atomic E-state index is 13.3. The van der Waals surface area contributed by atoms with Crippen molar-refractivity contribution in [1.82, 2.24) is 0 Å². The quantitative estimate of drug-likeness (QED) is 0.808. The molecule has 2 aliphatic carbocycles. The van der Waals surface area contributed by atoms with E-state index >= 15 is 0 Å². The van der Waals surface area contributed by atoms with Crippen LogP contribution < -0.4 is 0 Å². The number of rotatable bonds is 3. The second-order valence-electron chi connectivity index (χ2n) is 6.20. The third-order valence-corrected chi connectivity index (χ3v) is 5.30. The SMILES string of the molecule is CC1CC2CC(C1)CC(CC(F)(F)S(=O)(=O)O)C2. The fourth-order valence-corrected chi connectivity index (χ4v) is 4.38. The van der Waals surface area contributed by atoms with Crippen molar-refractivity contribution in [3.63, 3.8) is 0 Å². The molecule has 2 unspecified atom stereocenters. The van der Waals surface area contributed by atoms with E-state index < -0.39 is 21.8 Å². The lowest BCUT2D eigenvalue weighted by Gasteiger charge is -2.42. The first-order valence-electron chi connectivity index (χ1n) is 6.52. The van der Waals surface area contributed by atoms with Gasteiger partial charge in [-0.3, -0.25) is 4.55 Å². The van der Waals surface area contributed by atoms with Gasteiger partial charge < -0.3 is 0 Å². The first-order chi connectivity index (χ1) is 8.17. The van der Waals surface area contributed by atoms with Crippen molar-refractivity contribution in [3.8, 4) is 0 Å². The zero-order valence-electron chi connectivity index (χ0n) is 10.5. The molecule has 106 valence electrons. The number of fused-ring (bicyclic) bond motifs is 2. The van der Waals surface area contributed by atoms with Gasteiger partial charge in [-0.1, -0.05) is 6.92 Å². The van der Waals surface area contributed by atoms with Crippen LogP contribution in [-0.4, -0.2) is 18.2 Å². The van der Waals surface area contributed by atoms with Crippen LogP contribution in [0.25, 0.3) is 0 Å². The summed E-state index contributed by atoms with van der Waals surface area (Å²) in [6.07, 6.45) is 3.83. The molecule has 0 radical (unpaired) electrons. The van der Waals surface area contributed by atoms with E-state index in [1.807, 2.05) is 0 Å². The molecule has 0 spiro atoms. The van der Waals surface area contributed by atoms with Crippen LogP contribution in [0.15, 0.2) is 0 Å². The number of hydrogen-bond donors (Lipinski definition) is 1. The highest BCUT2D eigenvalue weighted by Gasteiger charge is 2.47. The molecule has 0 aromatic carbocycles. The number of alkyl halides is 2. The molecule has 2 bridgehead atoms. The fourth-order valence-electron chi connectivity index (χ4n) is 3.93. The molecule has 2 fully saturated rings. The molecule has 0 aromatic heterocycles. The summed E-state index contributed by atoms with van der Waals surface area (Å²) in [7, 11) is -5.27. The molecule has 0 aliphatic heterocycles. The van der Waals surface area contributed by atoms with Crippen molar-refractivity contribution in [3.05, 3.63) is 0 Å². The first kappa shape index (κ1) is 14.2. The van der Waals surface area contributed by atoms with E-state index in [0.717, 1.165) is 19.3 Å². The van der Waals surface area contributed by atoms with Crippen LogP contribution in [0.5, 0.6) is 0 Å². The molecule has 1 N–H and O–H groups in total. The van der Waals surface area contributed by atoms with E-state index in [1.165, 1.54) is 0 Å². The Morgan fingerprint density at radius 2 is 1.61 bits per heavy atom.